The van der Waals surface area contributed by atoms with E-state index >= 15 is 0 Å². The van der Waals surface area contributed by atoms with Gasteiger partial charge in [0.05, 0.1) is 0 Å². The number of hydrogen-bond acceptors (Lipinski definition) is 6. The van der Waals surface area contributed by atoms with Crippen LogP contribution in [0.3, 0.4) is 0 Å². The minimum atomic E-state index is -0.559. The van der Waals surface area contributed by atoms with Crippen LogP contribution in [0.5, 0.6) is 0 Å². The molecule has 3 rings (SSSR count). The van der Waals surface area contributed by atoms with E-state index in [0.717, 1.165) is 23.2 Å². The van der Waals surface area contributed by atoms with Crippen LogP contribution in [-0.4, -0.2) is 37.0 Å². The zero-order valence-corrected chi connectivity index (χ0v) is 13.9. The first-order chi connectivity index (χ1) is 11.5. The molecule has 1 atom stereocenters. The van der Waals surface area contributed by atoms with E-state index in [4.69, 9.17) is 0 Å². The Labute approximate surface area is 138 Å². The smallest absolute Gasteiger partial charge is 0.332 e. The molecule has 9 nitrogen and oxygen atoms in total. The molecule has 2 aromatic heterocycles. The first kappa shape index (κ1) is 16.0. The van der Waals surface area contributed by atoms with Gasteiger partial charge in [0.2, 0.25) is 0 Å². The molecule has 0 bridgehead atoms. The molecule has 1 aliphatic heterocycles. The fraction of sp³-hybridized carbons (Fsp3) is 0.533. The van der Waals surface area contributed by atoms with Crippen molar-refractivity contribution in [3.8, 4) is 6.07 Å². The molecule has 24 heavy (non-hydrogen) atoms. The Hall–Kier alpha value is -2.89. The van der Waals surface area contributed by atoms with E-state index < -0.39 is 11.2 Å². The largest absolute Gasteiger partial charge is 0.356 e. The molecule has 0 N–H and O–H groups in total. The standard InChI is InChI=1S/C15H19N7O2/c1-19-9-17-18-12(19)10-5-4-6-22(8-10)13-11(7-16)14(23)21(3)15(24)20(13)2/h9-10H,4-6,8H2,1-3H3. The summed E-state index contributed by atoms with van der Waals surface area (Å²) in [5.41, 5.74) is -0.996. The van der Waals surface area contributed by atoms with Gasteiger partial charge in [0.1, 0.15) is 24.0 Å². The summed E-state index contributed by atoms with van der Waals surface area (Å²) in [6.45, 7) is 1.27. The number of nitriles is 1. The van der Waals surface area contributed by atoms with Crippen LogP contribution in [0.1, 0.15) is 30.1 Å². The summed E-state index contributed by atoms with van der Waals surface area (Å²) in [5, 5.41) is 17.5. The van der Waals surface area contributed by atoms with Gasteiger partial charge in [-0.3, -0.25) is 13.9 Å². The Morgan fingerprint density at radius 2 is 2.00 bits per heavy atom. The van der Waals surface area contributed by atoms with Gasteiger partial charge in [0, 0.05) is 40.2 Å². The topological polar surface area (TPSA) is 102 Å². The molecule has 0 spiro atoms. The predicted molar refractivity (Wildman–Crippen MR) is 86.8 cm³/mol. The summed E-state index contributed by atoms with van der Waals surface area (Å²) in [6, 6.07) is 1.96. The number of aromatic nitrogens is 5. The normalized spacial score (nSPS) is 17.8. The quantitative estimate of drug-likeness (QED) is 0.734. The highest BCUT2D eigenvalue weighted by Crippen LogP contribution is 2.28. The van der Waals surface area contributed by atoms with Gasteiger partial charge in [-0.15, -0.1) is 10.2 Å². The molecule has 0 amide bonds. The minimum Gasteiger partial charge on any atom is -0.356 e. The van der Waals surface area contributed by atoms with Crippen LogP contribution in [0.25, 0.3) is 0 Å². The summed E-state index contributed by atoms with van der Waals surface area (Å²) < 4.78 is 4.22. The van der Waals surface area contributed by atoms with Crippen molar-refractivity contribution in [2.75, 3.05) is 18.0 Å². The van der Waals surface area contributed by atoms with E-state index in [1.807, 2.05) is 22.6 Å². The third kappa shape index (κ3) is 2.40. The van der Waals surface area contributed by atoms with Gasteiger partial charge in [-0.2, -0.15) is 5.26 Å². The van der Waals surface area contributed by atoms with Crippen LogP contribution in [-0.2, 0) is 21.1 Å². The summed E-state index contributed by atoms with van der Waals surface area (Å²) in [5.74, 6) is 1.39. The van der Waals surface area contributed by atoms with Crippen molar-refractivity contribution in [2.45, 2.75) is 18.8 Å². The number of piperidine rings is 1. The van der Waals surface area contributed by atoms with Gasteiger partial charge in [0.15, 0.2) is 5.56 Å². The van der Waals surface area contributed by atoms with Crippen LogP contribution < -0.4 is 16.1 Å². The number of aryl methyl sites for hydroxylation is 1. The second-order valence-corrected chi connectivity index (χ2v) is 6.10. The summed E-state index contributed by atoms with van der Waals surface area (Å²) >= 11 is 0. The van der Waals surface area contributed by atoms with Crippen molar-refractivity contribution >= 4 is 5.82 Å². The SMILES string of the molecule is Cn1cnnc1C1CCCN(c2c(C#N)c(=O)n(C)c(=O)n2C)C1. The average molecular weight is 329 g/mol. The number of rotatable bonds is 2. The van der Waals surface area contributed by atoms with Crippen LogP contribution >= 0.6 is 0 Å². The van der Waals surface area contributed by atoms with Gasteiger partial charge in [0.25, 0.3) is 5.56 Å². The fourth-order valence-corrected chi connectivity index (χ4v) is 3.34. The zero-order valence-electron chi connectivity index (χ0n) is 13.9. The lowest BCUT2D eigenvalue weighted by Crippen LogP contribution is -2.45. The van der Waals surface area contributed by atoms with Crippen LogP contribution in [0.15, 0.2) is 15.9 Å². The van der Waals surface area contributed by atoms with Crippen molar-refractivity contribution in [3.05, 3.63) is 38.6 Å². The number of anilines is 1. The van der Waals surface area contributed by atoms with Gasteiger partial charge in [-0.05, 0) is 12.8 Å². The predicted octanol–water partition coefficient (Wildman–Crippen LogP) is -0.532. The zero-order chi connectivity index (χ0) is 17.4. The Balaban J connectivity index is 2.07. The molecule has 0 aliphatic carbocycles. The highest BCUT2D eigenvalue weighted by atomic mass is 16.2. The molecule has 3 heterocycles. The summed E-state index contributed by atoms with van der Waals surface area (Å²) in [7, 11) is 4.86. The first-order valence-corrected chi connectivity index (χ1v) is 7.74. The van der Waals surface area contributed by atoms with Crippen molar-refractivity contribution in [1.82, 2.24) is 23.9 Å². The van der Waals surface area contributed by atoms with E-state index in [2.05, 4.69) is 10.2 Å². The van der Waals surface area contributed by atoms with Gasteiger partial charge in [-0.1, -0.05) is 0 Å². The first-order valence-electron chi connectivity index (χ1n) is 7.74. The van der Waals surface area contributed by atoms with Gasteiger partial charge >= 0.3 is 5.69 Å². The van der Waals surface area contributed by atoms with Crippen LogP contribution in [0.4, 0.5) is 5.82 Å². The third-order valence-corrected chi connectivity index (χ3v) is 4.58. The highest BCUT2D eigenvalue weighted by Gasteiger charge is 2.29. The maximum Gasteiger partial charge on any atom is 0.332 e. The van der Waals surface area contributed by atoms with Crippen molar-refractivity contribution in [2.24, 2.45) is 21.1 Å². The summed E-state index contributed by atoms with van der Waals surface area (Å²) in [6.07, 6.45) is 3.48. The molecular formula is C15H19N7O2. The average Bonchev–Trinajstić information content (AvgIpc) is 3.02. The van der Waals surface area contributed by atoms with E-state index in [-0.39, 0.29) is 11.5 Å². The lowest BCUT2D eigenvalue weighted by molar-refractivity contribution is 0.471. The Morgan fingerprint density at radius 1 is 1.25 bits per heavy atom. The monoisotopic (exact) mass is 329 g/mol. The van der Waals surface area contributed by atoms with Gasteiger partial charge < -0.3 is 9.47 Å². The molecular weight excluding hydrogens is 310 g/mol. The second kappa shape index (κ2) is 5.96. The Bertz CT molecular complexity index is 931. The molecule has 9 heteroatoms. The van der Waals surface area contributed by atoms with E-state index in [9.17, 15) is 14.9 Å². The highest BCUT2D eigenvalue weighted by molar-refractivity contribution is 5.54. The molecule has 1 saturated heterocycles. The van der Waals surface area contributed by atoms with Gasteiger partial charge in [-0.25, -0.2) is 4.79 Å². The maximum atomic E-state index is 12.3. The molecule has 0 aromatic carbocycles. The van der Waals surface area contributed by atoms with Crippen molar-refractivity contribution in [1.29, 1.82) is 5.26 Å². The van der Waals surface area contributed by atoms with Crippen molar-refractivity contribution in [3.63, 3.8) is 0 Å². The lowest BCUT2D eigenvalue weighted by Gasteiger charge is -2.34. The van der Waals surface area contributed by atoms with Crippen molar-refractivity contribution < 1.29 is 0 Å². The Kier molecular flexibility index (Phi) is 3.97. The molecule has 2 aromatic rings. The number of hydrogen-bond donors (Lipinski definition) is 0. The number of nitrogens with zero attached hydrogens (tertiary/aromatic N) is 7. The lowest BCUT2D eigenvalue weighted by atomic mass is 9.97. The maximum absolute atomic E-state index is 12.3. The molecule has 126 valence electrons. The molecule has 0 saturated carbocycles. The molecule has 1 aliphatic rings. The second-order valence-electron chi connectivity index (χ2n) is 6.10. The Morgan fingerprint density at radius 3 is 2.62 bits per heavy atom. The van der Waals surface area contributed by atoms with E-state index in [0.29, 0.717) is 18.9 Å². The summed E-state index contributed by atoms with van der Waals surface area (Å²) in [4.78, 5) is 26.5. The minimum absolute atomic E-state index is 0.00165. The third-order valence-electron chi connectivity index (χ3n) is 4.58. The molecule has 0 radical (unpaired) electrons. The van der Waals surface area contributed by atoms with E-state index in [1.54, 1.807) is 13.4 Å². The van der Waals surface area contributed by atoms with Crippen LogP contribution in [0.2, 0.25) is 0 Å². The molecule has 1 unspecified atom stereocenters. The van der Waals surface area contributed by atoms with Crippen LogP contribution in [0, 0.1) is 11.3 Å². The molecule has 1 fully saturated rings. The van der Waals surface area contributed by atoms with E-state index in [1.165, 1.54) is 11.6 Å². The fourth-order valence-electron chi connectivity index (χ4n) is 3.34.